The third kappa shape index (κ3) is 1.98. The summed E-state index contributed by atoms with van der Waals surface area (Å²) in [5, 5.41) is 0. The lowest BCUT2D eigenvalue weighted by atomic mass is 9.87. The molecule has 0 aromatic heterocycles. The Hall–Kier alpha value is -1.24. The van der Waals surface area contributed by atoms with Crippen LogP contribution in [0.1, 0.15) is 20.3 Å². The molecule has 74 valence electrons. The second-order valence-corrected chi connectivity index (χ2v) is 4.58. The number of benzene rings is 1. The van der Waals surface area contributed by atoms with Gasteiger partial charge in [0.15, 0.2) is 0 Å². The maximum atomic E-state index is 2.31. The summed E-state index contributed by atoms with van der Waals surface area (Å²) in [5.74, 6) is 0. The normalized spacial score (nSPS) is 19.7. The second kappa shape index (κ2) is 3.49. The number of rotatable bonds is 1. The summed E-state index contributed by atoms with van der Waals surface area (Å²) in [6, 6.07) is 10.5. The van der Waals surface area contributed by atoms with Crippen LogP contribution in [0.5, 0.6) is 0 Å². The molecule has 0 saturated carbocycles. The SMILES string of the molecule is CC1(C)C=CN(c2ccccc2)CC1. The second-order valence-electron chi connectivity index (χ2n) is 4.58. The van der Waals surface area contributed by atoms with Crippen molar-refractivity contribution in [1.29, 1.82) is 0 Å². The lowest BCUT2D eigenvalue weighted by molar-refractivity contribution is 0.427. The quantitative estimate of drug-likeness (QED) is 0.651. The van der Waals surface area contributed by atoms with E-state index in [1.165, 1.54) is 12.1 Å². The highest BCUT2D eigenvalue weighted by Crippen LogP contribution is 2.29. The molecule has 0 spiro atoms. The Balaban J connectivity index is 2.17. The lowest BCUT2D eigenvalue weighted by Crippen LogP contribution is -2.27. The van der Waals surface area contributed by atoms with Crippen molar-refractivity contribution in [2.24, 2.45) is 5.41 Å². The summed E-state index contributed by atoms with van der Waals surface area (Å²) >= 11 is 0. The van der Waals surface area contributed by atoms with E-state index in [4.69, 9.17) is 0 Å². The average Bonchev–Trinajstić information content (AvgIpc) is 2.19. The highest BCUT2D eigenvalue weighted by atomic mass is 15.1. The molecule has 1 aliphatic heterocycles. The minimum Gasteiger partial charge on any atom is -0.348 e. The highest BCUT2D eigenvalue weighted by Gasteiger charge is 2.19. The molecule has 1 aliphatic rings. The van der Waals surface area contributed by atoms with E-state index in [0.717, 1.165) is 6.54 Å². The number of para-hydroxylation sites is 1. The Kier molecular flexibility index (Phi) is 2.32. The molecule has 1 aromatic rings. The lowest BCUT2D eigenvalue weighted by Gasteiger charge is -2.32. The maximum Gasteiger partial charge on any atom is 0.0405 e. The zero-order valence-corrected chi connectivity index (χ0v) is 8.90. The molecular formula is C13H17N. The maximum absolute atomic E-state index is 2.31. The van der Waals surface area contributed by atoms with Gasteiger partial charge in [-0.1, -0.05) is 38.1 Å². The summed E-state index contributed by atoms with van der Waals surface area (Å²) in [6.07, 6.45) is 5.72. The molecule has 0 N–H and O–H groups in total. The molecular weight excluding hydrogens is 170 g/mol. The van der Waals surface area contributed by atoms with E-state index in [1.54, 1.807) is 0 Å². The van der Waals surface area contributed by atoms with Gasteiger partial charge in [-0.25, -0.2) is 0 Å². The summed E-state index contributed by atoms with van der Waals surface area (Å²) in [5.41, 5.74) is 1.66. The Bertz CT molecular complexity index is 324. The van der Waals surface area contributed by atoms with E-state index in [9.17, 15) is 0 Å². The van der Waals surface area contributed by atoms with Crippen molar-refractivity contribution in [3.63, 3.8) is 0 Å². The molecule has 1 aromatic carbocycles. The molecule has 0 bridgehead atoms. The summed E-state index contributed by atoms with van der Waals surface area (Å²) in [6.45, 7) is 5.69. The van der Waals surface area contributed by atoms with Crippen molar-refractivity contribution < 1.29 is 0 Å². The molecule has 1 nitrogen and oxygen atoms in total. The van der Waals surface area contributed by atoms with Gasteiger partial charge in [-0.2, -0.15) is 0 Å². The fraction of sp³-hybridized carbons (Fsp3) is 0.385. The van der Waals surface area contributed by atoms with E-state index in [-0.39, 0.29) is 0 Å². The molecule has 1 heteroatoms. The topological polar surface area (TPSA) is 3.24 Å². The van der Waals surface area contributed by atoms with Crippen molar-refractivity contribution in [1.82, 2.24) is 0 Å². The first kappa shape index (κ1) is 9.32. The van der Waals surface area contributed by atoms with Gasteiger partial charge in [-0.05, 0) is 24.0 Å². The van der Waals surface area contributed by atoms with Gasteiger partial charge in [0.25, 0.3) is 0 Å². The number of anilines is 1. The number of allylic oxidation sites excluding steroid dienone is 1. The van der Waals surface area contributed by atoms with Crippen LogP contribution in [-0.2, 0) is 0 Å². The van der Waals surface area contributed by atoms with Gasteiger partial charge in [-0.3, -0.25) is 0 Å². The monoisotopic (exact) mass is 187 g/mol. The molecule has 2 rings (SSSR count). The Morgan fingerprint density at radius 1 is 1.14 bits per heavy atom. The Labute approximate surface area is 86.1 Å². The van der Waals surface area contributed by atoms with Gasteiger partial charge in [0.2, 0.25) is 0 Å². The van der Waals surface area contributed by atoms with Crippen LogP contribution in [0.4, 0.5) is 5.69 Å². The fourth-order valence-corrected chi connectivity index (χ4v) is 1.69. The minimum absolute atomic E-state index is 0.366. The molecule has 1 heterocycles. The summed E-state index contributed by atoms with van der Waals surface area (Å²) in [7, 11) is 0. The van der Waals surface area contributed by atoms with Gasteiger partial charge >= 0.3 is 0 Å². The van der Waals surface area contributed by atoms with Crippen LogP contribution < -0.4 is 4.90 Å². The summed E-state index contributed by atoms with van der Waals surface area (Å²) < 4.78 is 0. The van der Waals surface area contributed by atoms with Crippen LogP contribution in [0.2, 0.25) is 0 Å². The summed E-state index contributed by atoms with van der Waals surface area (Å²) in [4.78, 5) is 2.31. The Morgan fingerprint density at radius 2 is 1.86 bits per heavy atom. The molecule has 0 unspecified atom stereocenters. The number of hydrogen-bond donors (Lipinski definition) is 0. The standard InChI is InChI=1S/C13H17N/c1-13(2)8-10-14(11-9-13)12-6-4-3-5-7-12/h3-8,10H,9,11H2,1-2H3. The first-order valence-electron chi connectivity index (χ1n) is 5.18. The van der Waals surface area contributed by atoms with Crippen molar-refractivity contribution >= 4 is 5.69 Å². The van der Waals surface area contributed by atoms with E-state index >= 15 is 0 Å². The van der Waals surface area contributed by atoms with Gasteiger partial charge in [-0.15, -0.1) is 0 Å². The zero-order chi connectivity index (χ0) is 10.0. The number of hydrogen-bond acceptors (Lipinski definition) is 1. The predicted molar refractivity (Wildman–Crippen MR) is 61.3 cm³/mol. The van der Waals surface area contributed by atoms with E-state index in [1.807, 2.05) is 0 Å². The number of nitrogens with zero attached hydrogens (tertiary/aromatic N) is 1. The van der Waals surface area contributed by atoms with Crippen LogP contribution >= 0.6 is 0 Å². The van der Waals surface area contributed by atoms with E-state index in [0.29, 0.717) is 5.41 Å². The minimum atomic E-state index is 0.366. The van der Waals surface area contributed by atoms with Crippen molar-refractivity contribution in [3.8, 4) is 0 Å². The molecule has 0 atom stereocenters. The van der Waals surface area contributed by atoms with Gasteiger partial charge < -0.3 is 4.90 Å². The van der Waals surface area contributed by atoms with Crippen molar-refractivity contribution in [3.05, 3.63) is 42.6 Å². The van der Waals surface area contributed by atoms with Gasteiger partial charge in [0, 0.05) is 18.4 Å². The van der Waals surface area contributed by atoms with E-state index in [2.05, 4.69) is 61.4 Å². The van der Waals surface area contributed by atoms with Crippen LogP contribution in [0, 0.1) is 5.41 Å². The van der Waals surface area contributed by atoms with E-state index < -0.39 is 0 Å². The average molecular weight is 187 g/mol. The highest BCUT2D eigenvalue weighted by molar-refractivity contribution is 5.49. The first-order valence-corrected chi connectivity index (χ1v) is 5.18. The first-order chi connectivity index (χ1) is 6.67. The van der Waals surface area contributed by atoms with Crippen LogP contribution in [0.25, 0.3) is 0 Å². The third-order valence-corrected chi connectivity index (χ3v) is 2.79. The van der Waals surface area contributed by atoms with Gasteiger partial charge in [0.05, 0.1) is 0 Å². The molecule has 0 fully saturated rings. The molecule has 0 radical (unpaired) electrons. The van der Waals surface area contributed by atoms with Crippen molar-refractivity contribution in [2.45, 2.75) is 20.3 Å². The van der Waals surface area contributed by atoms with Crippen LogP contribution in [-0.4, -0.2) is 6.54 Å². The van der Waals surface area contributed by atoms with Crippen LogP contribution in [0.3, 0.4) is 0 Å². The molecule has 0 amide bonds. The predicted octanol–water partition coefficient (Wildman–Crippen LogP) is 3.44. The smallest absolute Gasteiger partial charge is 0.0405 e. The molecule has 0 saturated heterocycles. The fourth-order valence-electron chi connectivity index (χ4n) is 1.69. The zero-order valence-electron chi connectivity index (χ0n) is 8.90. The Morgan fingerprint density at radius 3 is 2.43 bits per heavy atom. The van der Waals surface area contributed by atoms with Crippen LogP contribution in [0.15, 0.2) is 42.6 Å². The van der Waals surface area contributed by atoms with Gasteiger partial charge in [0.1, 0.15) is 0 Å². The van der Waals surface area contributed by atoms with Crippen molar-refractivity contribution in [2.75, 3.05) is 11.4 Å². The molecule has 0 aliphatic carbocycles. The third-order valence-electron chi connectivity index (χ3n) is 2.79. The molecule has 14 heavy (non-hydrogen) atoms. The largest absolute Gasteiger partial charge is 0.348 e.